The van der Waals surface area contributed by atoms with Gasteiger partial charge in [0.2, 0.25) is 17.7 Å². The summed E-state index contributed by atoms with van der Waals surface area (Å²) in [6, 6.07) is 13.0. The third kappa shape index (κ3) is 9.52. The topological polar surface area (TPSA) is 120 Å². The molecule has 3 rings (SSSR count). The second-order valence-corrected chi connectivity index (χ2v) is 10.7. The number of hydrogen-bond donors (Lipinski definition) is 5. The zero-order valence-corrected chi connectivity index (χ0v) is 23.9. The van der Waals surface area contributed by atoms with E-state index in [0.29, 0.717) is 32.4 Å². The van der Waals surface area contributed by atoms with Crippen molar-refractivity contribution in [3.8, 4) is 5.75 Å². The number of carbonyl (C=O) groups is 3. The Kier molecular flexibility index (Phi) is 12.2. The summed E-state index contributed by atoms with van der Waals surface area (Å²) in [4.78, 5) is 39.8. The summed E-state index contributed by atoms with van der Waals surface area (Å²) in [6.07, 6.45) is 8.13. The summed E-state index contributed by atoms with van der Waals surface area (Å²) in [7, 11) is 0. The maximum atomic E-state index is 13.6. The maximum absolute atomic E-state index is 13.6. The van der Waals surface area contributed by atoms with Crippen molar-refractivity contribution in [1.82, 2.24) is 21.3 Å². The molecule has 1 aliphatic rings. The highest BCUT2D eigenvalue weighted by atomic mass is 16.3. The number of aryl methyl sites for hydroxylation is 1. The molecular weight excluding hydrogens is 504 g/mol. The van der Waals surface area contributed by atoms with Gasteiger partial charge in [-0.05, 0) is 73.4 Å². The summed E-state index contributed by atoms with van der Waals surface area (Å²) in [5.74, 6) is -0.883. The number of benzene rings is 2. The maximum Gasteiger partial charge on any atom is 0.243 e. The van der Waals surface area contributed by atoms with E-state index in [1.54, 1.807) is 24.3 Å². The molecule has 40 heavy (non-hydrogen) atoms. The Bertz CT molecular complexity index is 1150. The normalized spacial score (nSPS) is 22.6. The average molecular weight is 549 g/mol. The predicted octanol–water partition coefficient (Wildman–Crippen LogP) is 3.48. The molecule has 0 spiro atoms. The van der Waals surface area contributed by atoms with E-state index in [9.17, 15) is 19.5 Å². The molecule has 0 fully saturated rings. The minimum Gasteiger partial charge on any atom is -0.508 e. The van der Waals surface area contributed by atoms with Gasteiger partial charge < -0.3 is 26.4 Å². The molecule has 0 aliphatic carbocycles. The lowest BCUT2D eigenvalue weighted by atomic mass is 9.99. The Labute approximate surface area is 238 Å². The van der Waals surface area contributed by atoms with Crippen LogP contribution < -0.4 is 21.3 Å². The summed E-state index contributed by atoms with van der Waals surface area (Å²) in [5.41, 5.74) is 3.25. The van der Waals surface area contributed by atoms with Crippen molar-refractivity contribution in [2.24, 2.45) is 5.92 Å². The van der Waals surface area contributed by atoms with Gasteiger partial charge in [-0.25, -0.2) is 0 Å². The number of fused-ring (bicyclic) bond motifs is 1. The highest BCUT2D eigenvalue weighted by Gasteiger charge is 2.30. The van der Waals surface area contributed by atoms with Crippen LogP contribution in [0.2, 0.25) is 0 Å². The molecule has 2 aromatic rings. The van der Waals surface area contributed by atoms with Crippen LogP contribution in [-0.2, 0) is 27.2 Å². The summed E-state index contributed by atoms with van der Waals surface area (Å²) in [6.45, 7) is 6.81. The van der Waals surface area contributed by atoms with E-state index < -0.39 is 18.1 Å². The lowest BCUT2D eigenvalue weighted by Gasteiger charge is -2.27. The monoisotopic (exact) mass is 548 g/mol. The fourth-order valence-corrected chi connectivity index (χ4v) is 4.82. The molecule has 1 heterocycles. The fourth-order valence-electron chi connectivity index (χ4n) is 4.82. The van der Waals surface area contributed by atoms with Gasteiger partial charge in [0, 0.05) is 6.54 Å². The van der Waals surface area contributed by atoms with Gasteiger partial charge in [0.15, 0.2) is 0 Å². The van der Waals surface area contributed by atoms with Crippen molar-refractivity contribution in [3.05, 3.63) is 71.3 Å². The number of aromatic hydroxyl groups is 1. The van der Waals surface area contributed by atoms with Crippen LogP contribution in [0.5, 0.6) is 5.75 Å². The second kappa shape index (κ2) is 15.8. The highest BCUT2D eigenvalue weighted by Crippen LogP contribution is 2.15. The molecule has 0 unspecified atom stereocenters. The summed E-state index contributed by atoms with van der Waals surface area (Å²) < 4.78 is 0. The molecular formula is C32H44N4O4. The minimum absolute atomic E-state index is 0.164. The van der Waals surface area contributed by atoms with E-state index in [4.69, 9.17) is 0 Å². The van der Waals surface area contributed by atoms with Crippen LogP contribution in [0.4, 0.5) is 0 Å². The van der Waals surface area contributed by atoms with Crippen LogP contribution in [0.3, 0.4) is 0 Å². The van der Waals surface area contributed by atoms with E-state index in [1.165, 1.54) is 5.56 Å². The zero-order chi connectivity index (χ0) is 28.9. The van der Waals surface area contributed by atoms with Crippen molar-refractivity contribution in [2.45, 2.75) is 77.4 Å². The number of phenolic OH excluding ortho intramolecular Hbond substituents is 1. The van der Waals surface area contributed by atoms with E-state index in [0.717, 1.165) is 30.4 Å². The Morgan fingerprint density at radius 2 is 1.65 bits per heavy atom. The highest BCUT2D eigenvalue weighted by molar-refractivity contribution is 5.93. The molecule has 2 aromatic carbocycles. The van der Waals surface area contributed by atoms with Crippen LogP contribution >= 0.6 is 0 Å². The lowest BCUT2D eigenvalue weighted by molar-refractivity contribution is -0.133. The average Bonchev–Trinajstić information content (AvgIpc) is 2.93. The first-order valence-corrected chi connectivity index (χ1v) is 14.4. The third-order valence-electron chi connectivity index (χ3n) is 7.13. The third-order valence-corrected chi connectivity index (χ3v) is 7.13. The van der Waals surface area contributed by atoms with Gasteiger partial charge in [-0.3, -0.25) is 14.4 Å². The van der Waals surface area contributed by atoms with Gasteiger partial charge in [-0.15, -0.1) is 0 Å². The molecule has 3 amide bonds. The van der Waals surface area contributed by atoms with Crippen LogP contribution in [0, 0.1) is 5.92 Å². The molecule has 216 valence electrons. The number of hydrogen-bond acceptors (Lipinski definition) is 5. The molecule has 0 saturated heterocycles. The number of phenols is 1. The van der Waals surface area contributed by atoms with Gasteiger partial charge in [0.1, 0.15) is 17.8 Å². The van der Waals surface area contributed by atoms with Crippen molar-refractivity contribution >= 4 is 23.8 Å². The molecule has 5 N–H and O–H groups in total. The lowest BCUT2D eigenvalue weighted by Crippen LogP contribution is -2.58. The minimum atomic E-state index is -0.791. The first-order chi connectivity index (χ1) is 19.3. The number of nitrogens with one attached hydrogen (secondary N) is 4. The van der Waals surface area contributed by atoms with E-state index >= 15 is 0 Å². The van der Waals surface area contributed by atoms with Crippen LogP contribution in [0.25, 0.3) is 6.08 Å². The fraction of sp³-hybridized carbons (Fsp3) is 0.469. The van der Waals surface area contributed by atoms with Crippen LogP contribution in [0.15, 0.2) is 54.6 Å². The van der Waals surface area contributed by atoms with Crippen LogP contribution in [-0.4, -0.2) is 54.0 Å². The van der Waals surface area contributed by atoms with Gasteiger partial charge in [-0.1, -0.05) is 75.7 Å². The Morgan fingerprint density at radius 1 is 0.900 bits per heavy atom. The Morgan fingerprint density at radius 3 is 2.38 bits per heavy atom. The zero-order valence-electron chi connectivity index (χ0n) is 23.9. The molecule has 0 bridgehead atoms. The molecule has 0 aromatic heterocycles. The molecule has 3 atom stereocenters. The van der Waals surface area contributed by atoms with E-state index in [2.05, 4.69) is 45.6 Å². The van der Waals surface area contributed by atoms with Gasteiger partial charge in [-0.2, -0.15) is 0 Å². The van der Waals surface area contributed by atoms with Gasteiger partial charge in [0.25, 0.3) is 0 Å². The molecule has 8 nitrogen and oxygen atoms in total. The van der Waals surface area contributed by atoms with Crippen molar-refractivity contribution in [3.63, 3.8) is 0 Å². The predicted molar refractivity (Wildman–Crippen MR) is 159 cm³/mol. The van der Waals surface area contributed by atoms with Crippen molar-refractivity contribution in [1.29, 1.82) is 0 Å². The van der Waals surface area contributed by atoms with Crippen LogP contribution in [0.1, 0.15) is 63.1 Å². The molecule has 1 aliphatic heterocycles. The molecule has 8 heteroatoms. The number of rotatable bonds is 5. The van der Waals surface area contributed by atoms with Crippen molar-refractivity contribution in [2.75, 3.05) is 13.1 Å². The second-order valence-electron chi connectivity index (χ2n) is 10.7. The van der Waals surface area contributed by atoms with Gasteiger partial charge >= 0.3 is 0 Å². The first-order valence-electron chi connectivity index (χ1n) is 14.4. The number of carbonyl (C=O) groups excluding carboxylic acids is 3. The summed E-state index contributed by atoms with van der Waals surface area (Å²) >= 11 is 0. The SMILES string of the molecule is CCC[C@@H]1NC(=O)[C@@H](C(C)C)NC(=O)[C@@H](Cc2ccc(O)cc2)NCCCc2ccccc2/C=C\CCNC1=O. The number of amides is 3. The largest absolute Gasteiger partial charge is 0.508 e. The summed E-state index contributed by atoms with van der Waals surface area (Å²) in [5, 5.41) is 21.9. The van der Waals surface area contributed by atoms with Crippen molar-refractivity contribution < 1.29 is 19.5 Å². The Balaban J connectivity index is 1.86. The quantitative estimate of drug-likeness (QED) is 0.392. The Hall–Kier alpha value is -3.65. The molecule has 0 radical (unpaired) electrons. The van der Waals surface area contributed by atoms with E-state index in [1.807, 2.05) is 32.9 Å². The van der Waals surface area contributed by atoms with E-state index in [-0.39, 0.29) is 29.4 Å². The van der Waals surface area contributed by atoms with Gasteiger partial charge in [0.05, 0.1) is 6.04 Å². The first kappa shape index (κ1) is 30.9. The molecule has 0 saturated carbocycles. The standard InChI is InChI=1S/C32H44N4O4/c1-4-10-27-30(38)34-19-8-7-13-24-11-5-6-12-25(24)14-9-20-33-28(21-23-15-17-26(37)18-16-23)31(39)36-29(22(2)3)32(40)35-27/h5-7,11-13,15-18,22,27-29,33,37H,4,8-10,14,19-21H2,1-3H3,(H,34,38)(H,35,40)(H,36,39)/b13-7-/t27-,28+,29+/m0/s1. The smallest absolute Gasteiger partial charge is 0.243 e.